The Morgan fingerprint density at radius 1 is 1.12 bits per heavy atom. The van der Waals surface area contributed by atoms with Gasteiger partial charge in [0.15, 0.2) is 0 Å². The molecule has 2 amide bonds. The maximum atomic E-state index is 13.8. The number of hydrogen-bond acceptors (Lipinski definition) is 5. The van der Waals surface area contributed by atoms with Crippen LogP contribution in [-0.2, 0) is 16.6 Å². The van der Waals surface area contributed by atoms with E-state index in [1.165, 1.54) is 0 Å². The Hall–Kier alpha value is -3.65. The Bertz CT molecular complexity index is 1150. The first-order valence-electron chi connectivity index (χ1n) is 10.8. The lowest BCUT2D eigenvalue weighted by molar-refractivity contribution is -0.119. The molecular formula is C25H28N4O4. The number of aryl methyl sites for hydroxylation is 2. The zero-order chi connectivity index (χ0) is 23.5. The molecule has 0 saturated heterocycles. The number of nitrogens with one attached hydrogen (secondary N) is 1. The zero-order valence-corrected chi connectivity index (χ0v) is 19.2. The van der Waals surface area contributed by atoms with Crippen molar-refractivity contribution in [2.24, 2.45) is 7.05 Å². The number of rotatable bonds is 7. The van der Waals surface area contributed by atoms with Crippen LogP contribution in [0.4, 0.5) is 5.69 Å². The summed E-state index contributed by atoms with van der Waals surface area (Å²) >= 11 is 0. The van der Waals surface area contributed by atoms with E-state index in [1.807, 2.05) is 56.4 Å². The lowest BCUT2D eigenvalue weighted by Gasteiger charge is -2.40. The number of carbonyl (C=O) groups excluding carboxylic acids is 2. The summed E-state index contributed by atoms with van der Waals surface area (Å²) < 4.78 is 12.3. The summed E-state index contributed by atoms with van der Waals surface area (Å²) in [5.74, 6) is -0.373. The van der Waals surface area contributed by atoms with Crippen molar-refractivity contribution < 1.29 is 19.1 Å². The second-order valence-electron chi connectivity index (χ2n) is 8.06. The summed E-state index contributed by atoms with van der Waals surface area (Å²) in [5.41, 5.74) is 3.43. The van der Waals surface area contributed by atoms with Gasteiger partial charge < -0.3 is 19.7 Å². The third-order valence-electron chi connectivity index (χ3n) is 6.03. The van der Waals surface area contributed by atoms with Crippen LogP contribution in [0.15, 0.2) is 54.6 Å². The molecule has 2 aromatic carbocycles. The quantitative estimate of drug-likeness (QED) is 0.599. The zero-order valence-electron chi connectivity index (χ0n) is 19.2. The predicted octanol–water partition coefficient (Wildman–Crippen LogP) is 3.30. The molecule has 3 aromatic rings. The summed E-state index contributed by atoms with van der Waals surface area (Å²) in [6.45, 7) is 2.63. The van der Waals surface area contributed by atoms with E-state index in [0.717, 1.165) is 5.69 Å². The van der Waals surface area contributed by atoms with Gasteiger partial charge in [0.1, 0.15) is 5.75 Å². The number of ether oxygens (including phenoxy) is 2. The van der Waals surface area contributed by atoms with Crippen molar-refractivity contribution in [3.63, 3.8) is 0 Å². The Kier molecular flexibility index (Phi) is 6.46. The van der Waals surface area contributed by atoms with E-state index in [0.29, 0.717) is 41.4 Å². The number of aromatic nitrogens is 2. The van der Waals surface area contributed by atoms with E-state index in [2.05, 4.69) is 10.4 Å². The number of anilines is 1. The van der Waals surface area contributed by atoms with E-state index in [4.69, 9.17) is 9.47 Å². The van der Waals surface area contributed by atoms with Crippen LogP contribution in [0, 0.1) is 6.92 Å². The van der Waals surface area contributed by atoms with Crippen LogP contribution < -0.4 is 10.1 Å². The monoisotopic (exact) mass is 448 g/mol. The minimum atomic E-state index is -0.656. The second-order valence-corrected chi connectivity index (χ2v) is 8.06. The van der Waals surface area contributed by atoms with Crippen molar-refractivity contribution >= 4 is 17.5 Å². The van der Waals surface area contributed by atoms with Crippen LogP contribution >= 0.6 is 0 Å². The van der Waals surface area contributed by atoms with E-state index in [1.54, 1.807) is 35.9 Å². The fourth-order valence-corrected chi connectivity index (χ4v) is 4.29. The molecule has 1 N–H and O–H groups in total. The third kappa shape index (κ3) is 4.34. The van der Waals surface area contributed by atoms with Crippen molar-refractivity contribution in [3.8, 4) is 5.75 Å². The van der Waals surface area contributed by atoms with E-state index < -0.39 is 12.0 Å². The van der Waals surface area contributed by atoms with Gasteiger partial charge >= 0.3 is 0 Å². The molecule has 33 heavy (non-hydrogen) atoms. The minimum absolute atomic E-state index is 0.138. The first-order chi connectivity index (χ1) is 15.9. The second kappa shape index (κ2) is 9.46. The highest BCUT2D eigenvalue weighted by Crippen LogP contribution is 2.43. The van der Waals surface area contributed by atoms with Gasteiger partial charge in [-0.3, -0.25) is 14.3 Å². The molecule has 1 aliphatic heterocycles. The molecule has 1 aliphatic rings. The standard InChI is InChI=1S/C25H28N4O4/c1-16-14-21(27-28(16)2)23-22(24(30)26-17-8-7-9-18(15-17)33-4)19-10-5-6-11-20(19)25(31)29(23)12-13-32-3/h5-11,14-15,22-23H,12-13H2,1-4H3,(H,26,30). The summed E-state index contributed by atoms with van der Waals surface area (Å²) in [6, 6.07) is 15.8. The Balaban J connectivity index is 1.82. The normalized spacial score (nSPS) is 17.6. The number of carbonyl (C=O) groups is 2. The molecule has 0 fully saturated rings. The van der Waals surface area contributed by atoms with Crippen LogP contribution in [0.1, 0.15) is 39.3 Å². The maximum Gasteiger partial charge on any atom is 0.254 e. The lowest BCUT2D eigenvalue weighted by atomic mass is 9.80. The van der Waals surface area contributed by atoms with Crippen LogP contribution in [0.5, 0.6) is 5.75 Å². The molecule has 0 bridgehead atoms. The van der Waals surface area contributed by atoms with Crippen molar-refractivity contribution in [2.45, 2.75) is 18.9 Å². The first kappa shape index (κ1) is 22.5. The number of hydrogen-bond donors (Lipinski definition) is 1. The van der Waals surface area contributed by atoms with Crippen molar-refractivity contribution in [2.75, 3.05) is 32.7 Å². The molecule has 2 unspecified atom stereocenters. The summed E-state index contributed by atoms with van der Waals surface area (Å²) in [5, 5.41) is 7.67. The Labute approximate surface area is 193 Å². The molecule has 0 radical (unpaired) electrons. The maximum absolute atomic E-state index is 13.8. The van der Waals surface area contributed by atoms with Gasteiger partial charge in [-0.15, -0.1) is 0 Å². The number of nitrogens with zero attached hydrogens (tertiary/aromatic N) is 3. The fourth-order valence-electron chi connectivity index (χ4n) is 4.29. The molecule has 0 aliphatic carbocycles. The van der Waals surface area contributed by atoms with E-state index >= 15 is 0 Å². The molecule has 2 atom stereocenters. The molecule has 0 spiro atoms. The molecule has 0 saturated carbocycles. The third-order valence-corrected chi connectivity index (χ3v) is 6.03. The number of methoxy groups -OCH3 is 2. The SMILES string of the molecule is COCCN1C(=O)c2ccccc2C(C(=O)Nc2cccc(OC)c2)C1c1cc(C)n(C)n1. The Morgan fingerprint density at radius 2 is 1.91 bits per heavy atom. The van der Waals surface area contributed by atoms with Gasteiger partial charge in [0.05, 0.1) is 31.4 Å². The largest absolute Gasteiger partial charge is 0.497 e. The van der Waals surface area contributed by atoms with Gasteiger partial charge in [-0.2, -0.15) is 5.10 Å². The van der Waals surface area contributed by atoms with Gasteiger partial charge in [0.2, 0.25) is 5.91 Å². The van der Waals surface area contributed by atoms with Gasteiger partial charge in [-0.05, 0) is 36.8 Å². The highest BCUT2D eigenvalue weighted by molar-refractivity contribution is 6.04. The van der Waals surface area contributed by atoms with Gasteiger partial charge in [-0.25, -0.2) is 0 Å². The van der Waals surface area contributed by atoms with E-state index in [9.17, 15) is 9.59 Å². The average Bonchev–Trinajstić information content (AvgIpc) is 3.16. The molecule has 2 heterocycles. The molecule has 172 valence electrons. The molecule has 4 rings (SSSR count). The van der Waals surface area contributed by atoms with Gasteiger partial charge in [0, 0.05) is 43.7 Å². The van der Waals surface area contributed by atoms with Crippen LogP contribution in [0.25, 0.3) is 0 Å². The number of fused-ring (bicyclic) bond motifs is 1. The predicted molar refractivity (Wildman–Crippen MR) is 124 cm³/mol. The van der Waals surface area contributed by atoms with Crippen molar-refractivity contribution in [1.82, 2.24) is 14.7 Å². The topological polar surface area (TPSA) is 85.7 Å². The van der Waals surface area contributed by atoms with Crippen LogP contribution in [0.3, 0.4) is 0 Å². The first-order valence-corrected chi connectivity index (χ1v) is 10.8. The van der Waals surface area contributed by atoms with Crippen LogP contribution in [0.2, 0.25) is 0 Å². The number of amides is 2. The molecular weight excluding hydrogens is 420 g/mol. The molecule has 8 heteroatoms. The fraction of sp³-hybridized carbons (Fsp3) is 0.320. The highest BCUT2D eigenvalue weighted by atomic mass is 16.5. The van der Waals surface area contributed by atoms with Crippen molar-refractivity contribution in [3.05, 3.63) is 77.1 Å². The minimum Gasteiger partial charge on any atom is -0.497 e. The van der Waals surface area contributed by atoms with Gasteiger partial charge in [0.25, 0.3) is 5.91 Å². The summed E-state index contributed by atoms with van der Waals surface area (Å²) in [4.78, 5) is 29.0. The summed E-state index contributed by atoms with van der Waals surface area (Å²) in [7, 11) is 5.02. The number of benzene rings is 2. The smallest absolute Gasteiger partial charge is 0.254 e. The van der Waals surface area contributed by atoms with Crippen LogP contribution in [-0.4, -0.2) is 53.9 Å². The molecule has 8 nitrogen and oxygen atoms in total. The van der Waals surface area contributed by atoms with Crippen molar-refractivity contribution in [1.29, 1.82) is 0 Å². The molecule has 1 aromatic heterocycles. The lowest BCUT2D eigenvalue weighted by Crippen LogP contribution is -2.47. The Morgan fingerprint density at radius 3 is 2.61 bits per heavy atom. The highest BCUT2D eigenvalue weighted by Gasteiger charge is 2.45. The van der Waals surface area contributed by atoms with Gasteiger partial charge in [-0.1, -0.05) is 24.3 Å². The van der Waals surface area contributed by atoms with E-state index in [-0.39, 0.29) is 11.8 Å². The average molecular weight is 449 g/mol. The summed E-state index contributed by atoms with van der Waals surface area (Å²) in [6.07, 6.45) is 0.